The van der Waals surface area contributed by atoms with E-state index >= 15 is 0 Å². The average Bonchev–Trinajstić information content (AvgIpc) is 2.61. The van der Waals surface area contributed by atoms with E-state index in [1.165, 1.54) is 5.56 Å². The molecule has 0 radical (unpaired) electrons. The molecule has 2 rings (SSSR count). The number of carbonyl (C=O) groups is 1. The smallest absolute Gasteiger partial charge is 0.315 e. The largest absolute Gasteiger partial charge is 0.396 e. The molecule has 1 aromatic rings. The minimum atomic E-state index is -0.141. The molecular weight excluding hydrogens is 314 g/mol. The summed E-state index contributed by atoms with van der Waals surface area (Å²) in [7, 11) is 2.11. The molecule has 1 fully saturated rings. The van der Waals surface area contributed by atoms with Crippen LogP contribution in [0, 0.1) is 5.92 Å². The number of rotatable bonds is 7. The maximum absolute atomic E-state index is 12.3. The van der Waals surface area contributed by atoms with Crippen LogP contribution in [0.25, 0.3) is 0 Å². The van der Waals surface area contributed by atoms with E-state index < -0.39 is 0 Å². The van der Waals surface area contributed by atoms with Crippen LogP contribution >= 0.6 is 0 Å². The third-order valence-corrected chi connectivity index (χ3v) is 5.32. The van der Waals surface area contributed by atoms with Gasteiger partial charge in [0.25, 0.3) is 0 Å². The second-order valence-corrected chi connectivity index (χ2v) is 7.44. The molecule has 0 saturated heterocycles. The van der Waals surface area contributed by atoms with Crippen molar-refractivity contribution in [3.8, 4) is 0 Å². The number of nitrogens with zero attached hydrogens (tertiary/aromatic N) is 1. The van der Waals surface area contributed by atoms with Gasteiger partial charge < -0.3 is 15.7 Å². The third-order valence-electron chi connectivity index (χ3n) is 5.32. The molecule has 140 valence electrons. The van der Waals surface area contributed by atoms with E-state index in [1.54, 1.807) is 0 Å². The molecule has 1 aliphatic carbocycles. The maximum atomic E-state index is 12.3. The van der Waals surface area contributed by atoms with Crippen LogP contribution in [0.4, 0.5) is 4.79 Å². The van der Waals surface area contributed by atoms with Crippen molar-refractivity contribution in [1.29, 1.82) is 0 Å². The summed E-state index contributed by atoms with van der Waals surface area (Å²) < 4.78 is 0. The highest BCUT2D eigenvalue weighted by molar-refractivity contribution is 5.74. The SMILES string of the molecule is CC(C)N(C)Cc1ccccc1CNC(=O)NC1CCCCC1CO. The van der Waals surface area contributed by atoms with Crippen LogP contribution in [0.2, 0.25) is 0 Å². The lowest BCUT2D eigenvalue weighted by Gasteiger charge is -2.30. The Morgan fingerprint density at radius 1 is 1.24 bits per heavy atom. The molecular formula is C20H33N3O2. The van der Waals surface area contributed by atoms with E-state index in [1.807, 2.05) is 12.1 Å². The van der Waals surface area contributed by atoms with Crippen molar-refractivity contribution in [2.45, 2.75) is 64.7 Å². The van der Waals surface area contributed by atoms with Crippen LogP contribution in [0.1, 0.15) is 50.7 Å². The average molecular weight is 348 g/mol. The molecule has 0 bridgehead atoms. The molecule has 2 amide bonds. The molecule has 3 N–H and O–H groups in total. The van der Waals surface area contributed by atoms with Crippen molar-refractivity contribution in [2.75, 3.05) is 13.7 Å². The van der Waals surface area contributed by atoms with Crippen molar-refractivity contribution in [1.82, 2.24) is 15.5 Å². The van der Waals surface area contributed by atoms with Gasteiger partial charge in [-0.25, -0.2) is 4.79 Å². The highest BCUT2D eigenvalue weighted by Gasteiger charge is 2.25. The summed E-state index contributed by atoms with van der Waals surface area (Å²) in [6.45, 7) is 5.89. The zero-order valence-electron chi connectivity index (χ0n) is 15.8. The number of aliphatic hydroxyl groups excluding tert-OH is 1. The Balaban J connectivity index is 1.89. The Hall–Kier alpha value is -1.59. The van der Waals surface area contributed by atoms with Gasteiger partial charge in [0.05, 0.1) is 0 Å². The number of amides is 2. The quantitative estimate of drug-likeness (QED) is 0.711. The van der Waals surface area contributed by atoms with Gasteiger partial charge in [0.2, 0.25) is 0 Å². The fraction of sp³-hybridized carbons (Fsp3) is 0.650. The summed E-state index contributed by atoms with van der Waals surface area (Å²) in [4.78, 5) is 14.6. The van der Waals surface area contributed by atoms with Crippen molar-refractivity contribution >= 4 is 6.03 Å². The lowest BCUT2D eigenvalue weighted by Crippen LogP contribution is -2.47. The minimum Gasteiger partial charge on any atom is -0.396 e. The van der Waals surface area contributed by atoms with Crippen molar-refractivity contribution in [3.05, 3.63) is 35.4 Å². The summed E-state index contributed by atoms with van der Waals surface area (Å²) in [5, 5.41) is 15.5. The summed E-state index contributed by atoms with van der Waals surface area (Å²) in [6, 6.07) is 8.67. The fourth-order valence-electron chi connectivity index (χ4n) is 3.35. The number of carbonyl (C=O) groups excluding carboxylic acids is 1. The molecule has 2 unspecified atom stereocenters. The van der Waals surface area contributed by atoms with E-state index in [4.69, 9.17) is 0 Å². The van der Waals surface area contributed by atoms with Gasteiger partial charge in [-0.05, 0) is 44.9 Å². The third kappa shape index (κ3) is 6.01. The molecule has 5 heteroatoms. The van der Waals surface area contributed by atoms with E-state index in [-0.39, 0.29) is 24.6 Å². The minimum absolute atomic E-state index is 0.0843. The Morgan fingerprint density at radius 3 is 2.60 bits per heavy atom. The van der Waals surface area contributed by atoms with E-state index in [9.17, 15) is 9.90 Å². The lowest BCUT2D eigenvalue weighted by atomic mass is 9.85. The lowest BCUT2D eigenvalue weighted by molar-refractivity contribution is 0.153. The Bertz CT molecular complexity index is 547. The van der Waals surface area contributed by atoms with Crippen molar-refractivity contribution in [2.24, 2.45) is 5.92 Å². The first-order chi connectivity index (χ1) is 12.0. The maximum Gasteiger partial charge on any atom is 0.315 e. The van der Waals surface area contributed by atoms with Crippen LogP contribution in [-0.2, 0) is 13.1 Å². The highest BCUT2D eigenvalue weighted by atomic mass is 16.3. The monoisotopic (exact) mass is 347 g/mol. The van der Waals surface area contributed by atoms with E-state index in [0.29, 0.717) is 12.6 Å². The summed E-state index contributed by atoms with van der Waals surface area (Å²) >= 11 is 0. The topological polar surface area (TPSA) is 64.6 Å². The first kappa shape index (κ1) is 19.7. The normalized spacial score (nSPS) is 20.7. The molecule has 0 aliphatic heterocycles. The Labute approximate surface area is 151 Å². The van der Waals surface area contributed by atoms with Crippen LogP contribution in [0.3, 0.4) is 0 Å². The van der Waals surface area contributed by atoms with Gasteiger partial charge in [-0.15, -0.1) is 0 Å². The van der Waals surface area contributed by atoms with Gasteiger partial charge in [-0.2, -0.15) is 0 Å². The molecule has 0 heterocycles. The van der Waals surface area contributed by atoms with Crippen LogP contribution < -0.4 is 10.6 Å². The molecule has 0 spiro atoms. The second kappa shape index (κ2) is 9.78. The predicted molar refractivity (Wildman–Crippen MR) is 101 cm³/mol. The second-order valence-electron chi connectivity index (χ2n) is 7.44. The van der Waals surface area contributed by atoms with E-state index in [2.05, 4.69) is 48.6 Å². The zero-order valence-corrected chi connectivity index (χ0v) is 15.8. The number of hydrogen-bond donors (Lipinski definition) is 3. The van der Waals surface area contributed by atoms with E-state index in [0.717, 1.165) is 37.8 Å². The van der Waals surface area contributed by atoms with Crippen LogP contribution in [0.15, 0.2) is 24.3 Å². The first-order valence-electron chi connectivity index (χ1n) is 9.43. The number of nitrogens with one attached hydrogen (secondary N) is 2. The predicted octanol–water partition coefficient (Wildman–Crippen LogP) is 2.88. The van der Waals surface area contributed by atoms with Gasteiger partial charge >= 0.3 is 6.03 Å². The standard InChI is InChI=1S/C20H33N3O2/c1-15(2)23(3)13-17-9-5-4-8-16(17)12-21-20(25)22-19-11-7-6-10-18(19)14-24/h4-5,8-9,15,18-19,24H,6-7,10-14H2,1-3H3,(H2,21,22,25). The Morgan fingerprint density at radius 2 is 1.92 bits per heavy atom. The van der Waals surface area contributed by atoms with Gasteiger partial charge in [0.15, 0.2) is 0 Å². The molecule has 1 saturated carbocycles. The molecule has 1 aliphatic rings. The molecule has 25 heavy (non-hydrogen) atoms. The highest BCUT2D eigenvalue weighted by Crippen LogP contribution is 2.23. The first-order valence-corrected chi connectivity index (χ1v) is 9.43. The van der Waals surface area contributed by atoms with Crippen LogP contribution in [0.5, 0.6) is 0 Å². The fourth-order valence-corrected chi connectivity index (χ4v) is 3.35. The van der Waals surface area contributed by atoms with Gasteiger partial charge in [-0.3, -0.25) is 4.90 Å². The summed E-state index contributed by atoms with van der Waals surface area (Å²) in [5.41, 5.74) is 2.39. The van der Waals surface area contributed by atoms with Crippen molar-refractivity contribution < 1.29 is 9.90 Å². The number of urea groups is 1. The molecule has 2 atom stereocenters. The zero-order chi connectivity index (χ0) is 18.2. The molecule has 1 aromatic carbocycles. The van der Waals surface area contributed by atoms with Crippen molar-refractivity contribution in [3.63, 3.8) is 0 Å². The summed E-state index contributed by atoms with van der Waals surface area (Å²) in [5.74, 6) is 0.187. The number of benzene rings is 1. The Kier molecular flexibility index (Phi) is 7.72. The molecule has 0 aromatic heterocycles. The molecule has 5 nitrogen and oxygen atoms in total. The van der Waals surface area contributed by atoms with Gasteiger partial charge in [0.1, 0.15) is 0 Å². The van der Waals surface area contributed by atoms with Crippen LogP contribution in [-0.4, -0.2) is 41.8 Å². The summed E-state index contributed by atoms with van der Waals surface area (Å²) in [6.07, 6.45) is 4.20. The number of aliphatic hydroxyl groups is 1. The van der Waals surface area contributed by atoms with Gasteiger partial charge in [-0.1, -0.05) is 37.1 Å². The van der Waals surface area contributed by atoms with Gasteiger partial charge in [0, 0.05) is 37.7 Å². The number of hydrogen-bond acceptors (Lipinski definition) is 3.